The first-order chi connectivity index (χ1) is 8.25. The van der Waals surface area contributed by atoms with E-state index in [1.165, 1.54) is 38.2 Å². The molecule has 0 aliphatic carbocycles. The lowest BCUT2D eigenvalue weighted by molar-refractivity contribution is 0.343. The van der Waals surface area contributed by atoms with E-state index in [0.717, 1.165) is 13.0 Å². The number of nitrogens with one attached hydrogen (secondary N) is 1. The van der Waals surface area contributed by atoms with Gasteiger partial charge in [0.1, 0.15) is 5.82 Å². The molecule has 1 fully saturated rings. The van der Waals surface area contributed by atoms with Crippen LogP contribution < -0.4 is 5.32 Å². The molecule has 0 spiro atoms. The highest BCUT2D eigenvalue weighted by molar-refractivity contribution is 4.91. The van der Waals surface area contributed by atoms with Crippen LogP contribution in [0.1, 0.15) is 25.1 Å². The lowest BCUT2D eigenvalue weighted by Crippen LogP contribution is -2.32. The second kappa shape index (κ2) is 6.17. The summed E-state index contributed by atoms with van der Waals surface area (Å²) in [4.78, 5) is 6.77. The molecule has 0 amide bonds. The summed E-state index contributed by atoms with van der Waals surface area (Å²) in [5.74, 6) is 1.17. The minimum absolute atomic E-state index is 0.695. The topological polar surface area (TPSA) is 33.1 Å². The van der Waals surface area contributed by atoms with E-state index in [0.29, 0.717) is 6.04 Å². The highest BCUT2D eigenvalue weighted by Gasteiger charge is 2.13. The van der Waals surface area contributed by atoms with E-state index in [9.17, 15) is 0 Å². The van der Waals surface area contributed by atoms with E-state index >= 15 is 0 Å². The molecule has 2 heterocycles. The number of aromatic nitrogens is 2. The summed E-state index contributed by atoms with van der Waals surface area (Å²) in [6.45, 7) is 3.51. The second-order valence-electron chi connectivity index (χ2n) is 5.09. The largest absolute Gasteiger partial charge is 0.338 e. The Morgan fingerprint density at radius 1 is 1.35 bits per heavy atom. The van der Waals surface area contributed by atoms with Crippen molar-refractivity contribution in [1.82, 2.24) is 19.8 Å². The van der Waals surface area contributed by atoms with Gasteiger partial charge in [-0.05, 0) is 39.4 Å². The first-order valence-corrected chi connectivity index (χ1v) is 6.64. The van der Waals surface area contributed by atoms with Crippen molar-refractivity contribution in [1.29, 1.82) is 0 Å². The van der Waals surface area contributed by atoms with Crippen LogP contribution in [-0.4, -0.2) is 47.2 Å². The van der Waals surface area contributed by atoms with Gasteiger partial charge in [0, 0.05) is 38.4 Å². The van der Waals surface area contributed by atoms with Crippen LogP contribution in [0.5, 0.6) is 0 Å². The molecule has 1 aliphatic heterocycles. The van der Waals surface area contributed by atoms with E-state index in [1.807, 2.05) is 12.4 Å². The van der Waals surface area contributed by atoms with Crippen LogP contribution in [-0.2, 0) is 13.5 Å². The molecule has 1 aliphatic rings. The maximum absolute atomic E-state index is 4.34. The fourth-order valence-corrected chi connectivity index (χ4v) is 2.47. The number of aryl methyl sites for hydroxylation is 1. The van der Waals surface area contributed by atoms with Crippen LogP contribution in [0, 0.1) is 0 Å². The Morgan fingerprint density at radius 2 is 2.24 bits per heavy atom. The van der Waals surface area contributed by atoms with Crippen molar-refractivity contribution < 1.29 is 0 Å². The van der Waals surface area contributed by atoms with Gasteiger partial charge >= 0.3 is 0 Å². The molecule has 1 N–H and O–H groups in total. The van der Waals surface area contributed by atoms with Crippen LogP contribution in [0.15, 0.2) is 12.4 Å². The molecule has 0 bridgehead atoms. The predicted molar refractivity (Wildman–Crippen MR) is 70.1 cm³/mol. The lowest BCUT2D eigenvalue weighted by atomic mass is 10.1. The second-order valence-corrected chi connectivity index (χ2v) is 5.09. The van der Waals surface area contributed by atoms with Crippen molar-refractivity contribution in [2.75, 3.05) is 26.7 Å². The van der Waals surface area contributed by atoms with Gasteiger partial charge in [-0.3, -0.25) is 0 Å². The van der Waals surface area contributed by atoms with E-state index in [4.69, 9.17) is 0 Å². The minimum Gasteiger partial charge on any atom is -0.338 e. The Morgan fingerprint density at radius 3 is 3.00 bits per heavy atom. The van der Waals surface area contributed by atoms with Gasteiger partial charge in [-0.15, -0.1) is 0 Å². The van der Waals surface area contributed by atoms with Gasteiger partial charge in [0.2, 0.25) is 0 Å². The summed E-state index contributed by atoms with van der Waals surface area (Å²) in [7, 11) is 4.28. The standard InChI is InChI=1S/C13H24N4/c1-16-9-3-4-12(6-10-16)14-7-5-13-15-8-11-17(13)2/h8,11-12,14H,3-7,9-10H2,1-2H3. The molecule has 4 nitrogen and oxygen atoms in total. The Kier molecular flexibility index (Phi) is 4.57. The third-order valence-electron chi connectivity index (χ3n) is 3.65. The summed E-state index contributed by atoms with van der Waals surface area (Å²) in [5, 5.41) is 3.67. The summed E-state index contributed by atoms with van der Waals surface area (Å²) in [6.07, 6.45) is 8.81. The smallest absolute Gasteiger partial charge is 0.109 e. The van der Waals surface area contributed by atoms with Crippen molar-refractivity contribution in [3.63, 3.8) is 0 Å². The quantitative estimate of drug-likeness (QED) is 0.848. The first kappa shape index (κ1) is 12.6. The Hall–Kier alpha value is -0.870. The van der Waals surface area contributed by atoms with Gasteiger partial charge in [0.15, 0.2) is 0 Å². The van der Waals surface area contributed by atoms with Crippen molar-refractivity contribution >= 4 is 0 Å². The van der Waals surface area contributed by atoms with Crippen LogP contribution >= 0.6 is 0 Å². The fraction of sp³-hybridized carbons (Fsp3) is 0.769. The summed E-state index contributed by atoms with van der Waals surface area (Å²) >= 11 is 0. The van der Waals surface area contributed by atoms with Crippen molar-refractivity contribution in [2.45, 2.75) is 31.7 Å². The zero-order chi connectivity index (χ0) is 12.1. The zero-order valence-electron chi connectivity index (χ0n) is 11.0. The average molecular weight is 236 g/mol. The van der Waals surface area contributed by atoms with Gasteiger partial charge in [-0.25, -0.2) is 4.98 Å². The molecule has 2 rings (SSSR count). The highest BCUT2D eigenvalue weighted by atomic mass is 15.1. The maximum Gasteiger partial charge on any atom is 0.109 e. The summed E-state index contributed by atoms with van der Waals surface area (Å²) < 4.78 is 2.10. The summed E-state index contributed by atoms with van der Waals surface area (Å²) in [6, 6.07) is 0.695. The molecule has 4 heteroatoms. The highest BCUT2D eigenvalue weighted by Crippen LogP contribution is 2.09. The molecule has 17 heavy (non-hydrogen) atoms. The molecular weight excluding hydrogens is 212 g/mol. The van der Waals surface area contributed by atoms with E-state index in [-0.39, 0.29) is 0 Å². The normalized spacial score (nSPS) is 22.6. The molecule has 0 radical (unpaired) electrons. The van der Waals surface area contributed by atoms with Crippen LogP contribution in [0.25, 0.3) is 0 Å². The molecule has 0 aromatic carbocycles. The molecule has 1 unspecified atom stereocenters. The third kappa shape index (κ3) is 3.82. The van der Waals surface area contributed by atoms with Gasteiger partial charge in [0.05, 0.1) is 0 Å². The number of hydrogen-bond donors (Lipinski definition) is 1. The molecule has 0 saturated carbocycles. The SMILES string of the molecule is CN1CCCC(NCCc2nccn2C)CC1. The Labute approximate surface area is 104 Å². The molecule has 1 aromatic heterocycles. The number of hydrogen-bond acceptors (Lipinski definition) is 3. The average Bonchev–Trinajstić information content (AvgIpc) is 2.59. The molecule has 1 atom stereocenters. The Bertz CT molecular complexity index is 334. The molecular formula is C13H24N4. The van der Waals surface area contributed by atoms with Gasteiger partial charge in [0.25, 0.3) is 0 Å². The Balaban J connectivity index is 1.69. The van der Waals surface area contributed by atoms with Crippen molar-refractivity contribution in [3.05, 3.63) is 18.2 Å². The van der Waals surface area contributed by atoms with Crippen molar-refractivity contribution in [2.24, 2.45) is 7.05 Å². The predicted octanol–water partition coefficient (Wildman–Crippen LogP) is 1.04. The van der Waals surface area contributed by atoms with Gasteiger partial charge in [-0.1, -0.05) is 0 Å². The van der Waals surface area contributed by atoms with Crippen LogP contribution in [0.3, 0.4) is 0 Å². The first-order valence-electron chi connectivity index (χ1n) is 6.64. The van der Waals surface area contributed by atoms with Crippen LogP contribution in [0.2, 0.25) is 0 Å². The number of nitrogens with zero attached hydrogens (tertiary/aromatic N) is 3. The van der Waals surface area contributed by atoms with Crippen molar-refractivity contribution in [3.8, 4) is 0 Å². The maximum atomic E-state index is 4.34. The van der Waals surface area contributed by atoms with E-state index in [1.54, 1.807) is 0 Å². The zero-order valence-corrected chi connectivity index (χ0v) is 11.0. The molecule has 1 aromatic rings. The van der Waals surface area contributed by atoms with Gasteiger partial charge in [-0.2, -0.15) is 0 Å². The van der Waals surface area contributed by atoms with E-state index < -0.39 is 0 Å². The monoisotopic (exact) mass is 236 g/mol. The molecule has 96 valence electrons. The number of imidazole rings is 1. The lowest BCUT2D eigenvalue weighted by Gasteiger charge is -2.16. The number of rotatable bonds is 4. The number of likely N-dealkylation sites (tertiary alicyclic amines) is 1. The minimum atomic E-state index is 0.695. The van der Waals surface area contributed by atoms with Gasteiger partial charge < -0.3 is 14.8 Å². The molecule has 1 saturated heterocycles. The van der Waals surface area contributed by atoms with Crippen LogP contribution in [0.4, 0.5) is 0 Å². The summed E-state index contributed by atoms with van der Waals surface area (Å²) in [5.41, 5.74) is 0. The van der Waals surface area contributed by atoms with E-state index in [2.05, 4.69) is 33.9 Å². The third-order valence-corrected chi connectivity index (χ3v) is 3.65. The fourth-order valence-electron chi connectivity index (χ4n) is 2.47.